The highest BCUT2D eigenvalue weighted by Gasteiger charge is 2.19. The standard InChI is InChI=1S/C13H15ClN6O/c1-8(14)11-18-10-12(15-7-16-13(10)21-3)20(11)6-9-4-17-19(2)5-9/h4-5,7-8H,6H2,1-3H3. The van der Waals surface area contributed by atoms with Crippen LogP contribution in [0.25, 0.3) is 11.2 Å². The fourth-order valence-corrected chi connectivity index (χ4v) is 2.44. The molecule has 1 atom stereocenters. The lowest BCUT2D eigenvalue weighted by Gasteiger charge is -2.08. The molecule has 3 aromatic rings. The monoisotopic (exact) mass is 306 g/mol. The first-order chi connectivity index (χ1) is 10.1. The topological polar surface area (TPSA) is 70.7 Å². The first kappa shape index (κ1) is 13.8. The van der Waals surface area contributed by atoms with E-state index in [0.717, 1.165) is 11.4 Å². The van der Waals surface area contributed by atoms with Crippen molar-refractivity contribution in [2.45, 2.75) is 18.8 Å². The summed E-state index contributed by atoms with van der Waals surface area (Å²) in [7, 11) is 3.44. The number of hydrogen-bond donors (Lipinski definition) is 0. The highest BCUT2D eigenvalue weighted by atomic mass is 35.5. The smallest absolute Gasteiger partial charge is 0.245 e. The SMILES string of the molecule is COc1ncnc2c1nc(C(C)Cl)n2Cc1cnn(C)c1. The largest absolute Gasteiger partial charge is 0.479 e. The Hall–Kier alpha value is -2.15. The minimum Gasteiger partial charge on any atom is -0.479 e. The summed E-state index contributed by atoms with van der Waals surface area (Å²) in [5, 5.41) is 3.93. The summed E-state index contributed by atoms with van der Waals surface area (Å²) >= 11 is 6.25. The summed E-state index contributed by atoms with van der Waals surface area (Å²) in [6.45, 7) is 2.47. The van der Waals surface area contributed by atoms with E-state index in [0.29, 0.717) is 23.6 Å². The van der Waals surface area contributed by atoms with Gasteiger partial charge in [0.1, 0.15) is 12.2 Å². The van der Waals surface area contributed by atoms with Gasteiger partial charge in [0.05, 0.1) is 25.2 Å². The van der Waals surface area contributed by atoms with Crippen molar-refractivity contribution in [3.8, 4) is 5.88 Å². The second-order valence-corrected chi connectivity index (χ2v) is 5.40. The van der Waals surface area contributed by atoms with Crippen LogP contribution in [0.3, 0.4) is 0 Å². The molecule has 0 radical (unpaired) electrons. The lowest BCUT2D eigenvalue weighted by atomic mass is 10.3. The number of ether oxygens (including phenoxy) is 1. The Bertz CT molecular complexity index is 778. The molecule has 0 aliphatic carbocycles. The van der Waals surface area contributed by atoms with Crippen LogP contribution in [-0.4, -0.2) is 36.4 Å². The van der Waals surface area contributed by atoms with Crippen molar-refractivity contribution in [2.75, 3.05) is 7.11 Å². The number of methoxy groups -OCH3 is 1. The lowest BCUT2D eigenvalue weighted by molar-refractivity contribution is 0.401. The zero-order chi connectivity index (χ0) is 15.0. The molecule has 8 heteroatoms. The van der Waals surface area contributed by atoms with Crippen LogP contribution in [0.1, 0.15) is 23.7 Å². The highest BCUT2D eigenvalue weighted by molar-refractivity contribution is 6.20. The van der Waals surface area contributed by atoms with Crippen LogP contribution < -0.4 is 4.74 Å². The van der Waals surface area contributed by atoms with Crippen LogP contribution in [0.4, 0.5) is 0 Å². The summed E-state index contributed by atoms with van der Waals surface area (Å²) in [6.07, 6.45) is 5.23. The number of halogens is 1. The van der Waals surface area contributed by atoms with E-state index in [1.807, 2.05) is 30.9 Å². The van der Waals surface area contributed by atoms with Gasteiger partial charge in [-0.25, -0.2) is 9.97 Å². The molecule has 0 aliphatic heterocycles. The van der Waals surface area contributed by atoms with Gasteiger partial charge in [0.2, 0.25) is 5.88 Å². The van der Waals surface area contributed by atoms with Crippen LogP contribution >= 0.6 is 11.6 Å². The normalized spacial score (nSPS) is 12.8. The van der Waals surface area contributed by atoms with Gasteiger partial charge in [-0.15, -0.1) is 11.6 Å². The van der Waals surface area contributed by atoms with Crippen LogP contribution in [0.5, 0.6) is 5.88 Å². The van der Waals surface area contributed by atoms with Crippen molar-refractivity contribution in [3.05, 3.63) is 30.1 Å². The molecule has 0 amide bonds. The Morgan fingerprint density at radius 1 is 1.38 bits per heavy atom. The van der Waals surface area contributed by atoms with Gasteiger partial charge in [-0.05, 0) is 6.92 Å². The predicted octanol–water partition coefficient (Wildman–Crippen LogP) is 1.92. The molecule has 7 nitrogen and oxygen atoms in total. The molecule has 3 aromatic heterocycles. The Kier molecular flexibility index (Phi) is 3.50. The van der Waals surface area contributed by atoms with Gasteiger partial charge in [-0.2, -0.15) is 10.1 Å². The summed E-state index contributed by atoms with van der Waals surface area (Å²) < 4.78 is 8.97. The molecule has 0 aromatic carbocycles. The van der Waals surface area contributed by atoms with Crippen LogP contribution in [0.2, 0.25) is 0 Å². The predicted molar refractivity (Wildman–Crippen MR) is 78.5 cm³/mol. The fraction of sp³-hybridized carbons (Fsp3) is 0.385. The van der Waals surface area contributed by atoms with Crippen LogP contribution in [-0.2, 0) is 13.6 Å². The van der Waals surface area contributed by atoms with Crippen molar-refractivity contribution in [1.82, 2.24) is 29.3 Å². The average Bonchev–Trinajstić information content (AvgIpc) is 3.03. The van der Waals surface area contributed by atoms with E-state index >= 15 is 0 Å². The Morgan fingerprint density at radius 3 is 2.81 bits per heavy atom. The molecule has 0 saturated carbocycles. The number of aryl methyl sites for hydroxylation is 1. The van der Waals surface area contributed by atoms with E-state index in [1.54, 1.807) is 11.8 Å². The lowest BCUT2D eigenvalue weighted by Crippen LogP contribution is -2.06. The van der Waals surface area contributed by atoms with Crippen molar-refractivity contribution < 1.29 is 4.74 Å². The molecule has 3 heterocycles. The second kappa shape index (κ2) is 5.33. The van der Waals surface area contributed by atoms with Gasteiger partial charge in [-0.1, -0.05) is 0 Å². The first-order valence-corrected chi connectivity index (χ1v) is 6.90. The number of imidazole rings is 1. The van der Waals surface area contributed by atoms with Crippen molar-refractivity contribution >= 4 is 22.8 Å². The van der Waals surface area contributed by atoms with E-state index in [4.69, 9.17) is 16.3 Å². The van der Waals surface area contributed by atoms with E-state index in [1.165, 1.54) is 6.33 Å². The number of rotatable bonds is 4. The second-order valence-electron chi connectivity index (χ2n) is 4.75. The fourth-order valence-electron chi connectivity index (χ4n) is 2.28. The van der Waals surface area contributed by atoms with Gasteiger partial charge < -0.3 is 9.30 Å². The third-order valence-electron chi connectivity index (χ3n) is 3.18. The Labute approximate surface area is 126 Å². The molecule has 3 rings (SSSR count). The quantitative estimate of drug-likeness (QED) is 0.689. The van der Waals surface area contributed by atoms with Gasteiger partial charge >= 0.3 is 0 Å². The van der Waals surface area contributed by atoms with E-state index in [9.17, 15) is 0 Å². The van der Waals surface area contributed by atoms with Gasteiger partial charge in [0.25, 0.3) is 0 Å². The number of aromatic nitrogens is 6. The van der Waals surface area contributed by atoms with Crippen LogP contribution in [0, 0.1) is 0 Å². The van der Waals surface area contributed by atoms with E-state index in [-0.39, 0.29) is 5.38 Å². The summed E-state index contributed by atoms with van der Waals surface area (Å²) in [5.41, 5.74) is 2.37. The molecule has 1 unspecified atom stereocenters. The van der Waals surface area contributed by atoms with Gasteiger partial charge in [0, 0.05) is 18.8 Å². The minimum atomic E-state index is -0.249. The molecule has 0 bridgehead atoms. The third-order valence-corrected chi connectivity index (χ3v) is 3.37. The van der Waals surface area contributed by atoms with Crippen molar-refractivity contribution in [1.29, 1.82) is 0 Å². The Morgan fingerprint density at radius 2 is 2.19 bits per heavy atom. The number of fused-ring (bicyclic) bond motifs is 1. The maximum atomic E-state index is 6.25. The Balaban J connectivity index is 2.16. The molecule has 0 aliphatic rings. The minimum absolute atomic E-state index is 0.249. The van der Waals surface area contributed by atoms with Crippen molar-refractivity contribution in [2.24, 2.45) is 7.05 Å². The average molecular weight is 307 g/mol. The zero-order valence-electron chi connectivity index (χ0n) is 12.0. The molecular weight excluding hydrogens is 292 g/mol. The first-order valence-electron chi connectivity index (χ1n) is 6.47. The molecular formula is C13H15ClN6O. The molecule has 21 heavy (non-hydrogen) atoms. The maximum absolute atomic E-state index is 6.25. The van der Waals surface area contributed by atoms with Gasteiger partial charge in [-0.3, -0.25) is 4.68 Å². The van der Waals surface area contributed by atoms with Gasteiger partial charge in [0.15, 0.2) is 11.2 Å². The van der Waals surface area contributed by atoms with Crippen LogP contribution in [0.15, 0.2) is 18.7 Å². The highest BCUT2D eigenvalue weighted by Crippen LogP contribution is 2.27. The number of nitrogens with zero attached hydrogens (tertiary/aromatic N) is 6. The maximum Gasteiger partial charge on any atom is 0.245 e. The molecule has 0 spiro atoms. The van der Waals surface area contributed by atoms with E-state index in [2.05, 4.69) is 20.1 Å². The molecule has 0 fully saturated rings. The van der Waals surface area contributed by atoms with E-state index < -0.39 is 0 Å². The van der Waals surface area contributed by atoms with Crippen molar-refractivity contribution in [3.63, 3.8) is 0 Å². The summed E-state index contributed by atoms with van der Waals surface area (Å²) in [5.74, 6) is 1.18. The molecule has 0 saturated heterocycles. The third kappa shape index (κ3) is 2.44. The zero-order valence-corrected chi connectivity index (χ0v) is 12.7. The summed E-state index contributed by atoms with van der Waals surface area (Å²) in [6, 6.07) is 0. The summed E-state index contributed by atoms with van der Waals surface area (Å²) in [4.78, 5) is 12.9. The molecule has 110 valence electrons. The number of hydrogen-bond acceptors (Lipinski definition) is 5. The molecule has 0 N–H and O–H groups in total. The number of alkyl halides is 1.